The molecule has 1 aliphatic heterocycles. The number of hydrogen-bond donors (Lipinski definition) is 1. The predicted octanol–water partition coefficient (Wildman–Crippen LogP) is 3.01. The quantitative estimate of drug-likeness (QED) is 0.892. The maximum atomic E-state index is 4.33. The van der Waals surface area contributed by atoms with E-state index in [-0.39, 0.29) is 0 Å². The highest BCUT2D eigenvalue weighted by Gasteiger charge is 2.27. The summed E-state index contributed by atoms with van der Waals surface area (Å²) in [5.41, 5.74) is 2.85. The van der Waals surface area contributed by atoms with Crippen LogP contribution in [0.3, 0.4) is 0 Å². The Morgan fingerprint density at radius 2 is 2.29 bits per heavy atom. The minimum atomic E-state index is 0.478. The van der Waals surface area contributed by atoms with Crippen LogP contribution in [-0.4, -0.2) is 22.5 Å². The zero-order valence-electron chi connectivity index (χ0n) is 11.0. The summed E-state index contributed by atoms with van der Waals surface area (Å²) in [5, 5.41) is 3.65. The number of rotatable bonds is 3. The van der Waals surface area contributed by atoms with Crippen molar-refractivity contribution in [2.75, 3.05) is 11.5 Å². The molecule has 0 saturated carbocycles. The number of hydrogen-bond acceptors (Lipinski definition) is 3. The summed E-state index contributed by atoms with van der Waals surface area (Å²) in [6.07, 6.45) is 3.25. The lowest BCUT2D eigenvalue weighted by Gasteiger charge is -2.35. The Morgan fingerprint density at radius 1 is 1.47 bits per heavy atom. The Kier molecular flexibility index (Phi) is 4.10. The van der Waals surface area contributed by atoms with Crippen molar-refractivity contribution < 1.29 is 0 Å². The van der Waals surface area contributed by atoms with E-state index in [9.17, 15) is 0 Å². The van der Waals surface area contributed by atoms with Crippen LogP contribution in [0.1, 0.15) is 31.5 Å². The van der Waals surface area contributed by atoms with Crippen molar-refractivity contribution in [3.63, 3.8) is 0 Å². The Bertz CT molecular complexity index is 359. The van der Waals surface area contributed by atoms with Crippen molar-refractivity contribution in [1.29, 1.82) is 0 Å². The van der Waals surface area contributed by atoms with Gasteiger partial charge < -0.3 is 5.32 Å². The molecular weight excluding hydrogens is 228 g/mol. The van der Waals surface area contributed by atoms with Crippen molar-refractivity contribution in [3.05, 3.63) is 29.6 Å². The summed E-state index contributed by atoms with van der Waals surface area (Å²) in [6, 6.07) is 4.89. The van der Waals surface area contributed by atoms with Crippen molar-refractivity contribution >= 4 is 11.8 Å². The van der Waals surface area contributed by atoms with E-state index in [1.165, 1.54) is 23.5 Å². The highest BCUT2D eigenvalue weighted by molar-refractivity contribution is 7.99. The predicted molar refractivity (Wildman–Crippen MR) is 75.3 cm³/mol. The van der Waals surface area contributed by atoms with E-state index in [2.05, 4.69) is 48.0 Å². The van der Waals surface area contributed by atoms with E-state index in [1.807, 2.05) is 13.1 Å². The standard InChI is InChI=1S/C14H22N2S/c1-11-4-5-12(7-15-11)8-16-13-6-14(2,3)10-17-9-13/h4-5,7,13,16H,6,8-10H2,1-3H3. The SMILES string of the molecule is Cc1ccc(CNC2CSCC(C)(C)C2)cn1. The molecule has 2 heterocycles. The molecule has 1 N–H and O–H groups in total. The van der Waals surface area contributed by atoms with E-state index in [0.29, 0.717) is 11.5 Å². The summed E-state index contributed by atoms with van der Waals surface area (Å²) in [4.78, 5) is 4.33. The molecule has 94 valence electrons. The van der Waals surface area contributed by atoms with Crippen LogP contribution in [0.15, 0.2) is 18.3 Å². The van der Waals surface area contributed by atoms with Crippen LogP contribution in [0.25, 0.3) is 0 Å². The van der Waals surface area contributed by atoms with Gasteiger partial charge in [-0.3, -0.25) is 4.98 Å². The van der Waals surface area contributed by atoms with Crippen LogP contribution >= 0.6 is 11.8 Å². The van der Waals surface area contributed by atoms with E-state index in [1.54, 1.807) is 0 Å². The molecule has 1 unspecified atom stereocenters. The molecule has 17 heavy (non-hydrogen) atoms. The van der Waals surface area contributed by atoms with Crippen LogP contribution in [0.4, 0.5) is 0 Å². The Morgan fingerprint density at radius 3 is 2.94 bits per heavy atom. The van der Waals surface area contributed by atoms with E-state index in [4.69, 9.17) is 0 Å². The van der Waals surface area contributed by atoms with Gasteiger partial charge >= 0.3 is 0 Å². The Balaban J connectivity index is 1.84. The summed E-state index contributed by atoms with van der Waals surface area (Å²) in [7, 11) is 0. The molecule has 1 aliphatic rings. The van der Waals surface area contributed by atoms with E-state index >= 15 is 0 Å². The van der Waals surface area contributed by atoms with Crippen molar-refractivity contribution in [2.45, 2.75) is 39.8 Å². The average molecular weight is 250 g/mol. The molecule has 0 aromatic carbocycles. The van der Waals surface area contributed by atoms with Crippen LogP contribution in [0.5, 0.6) is 0 Å². The largest absolute Gasteiger partial charge is 0.309 e. The molecule has 0 bridgehead atoms. The van der Waals surface area contributed by atoms with Crippen LogP contribution in [0, 0.1) is 12.3 Å². The first kappa shape index (κ1) is 12.9. The maximum Gasteiger partial charge on any atom is 0.0372 e. The highest BCUT2D eigenvalue weighted by atomic mass is 32.2. The molecule has 1 atom stereocenters. The fourth-order valence-electron chi connectivity index (χ4n) is 2.26. The summed E-state index contributed by atoms with van der Waals surface area (Å²) < 4.78 is 0. The second-order valence-corrected chi connectivity index (χ2v) is 6.80. The molecular formula is C14H22N2S. The van der Waals surface area contributed by atoms with Gasteiger partial charge in [0.2, 0.25) is 0 Å². The maximum absolute atomic E-state index is 4.33. The molecule has 1 fully saturated rings. The van der Waals surface area contributed by atoms with Gasteiger partial charge in [0.25, 0.3) is 0 Å². The third kappa shape index (κ3) is 4.00. The molecule has 0 aliphatic carbocycles. The minimum absolute atomic E-state index is 0.478. The molecule has 2 nitrogen and oxygen atoms in total. The monoisotopic (exact) mass is 250 g/mol. The fourth-order valence-corrected chi connectivity index (χ4v) is 3.57. The van der Waals surface area contributed by atoms with Gasteiger partial charge in [-0.2, -0.15) is 11.8 Å². The minimum Gasteiger partial charge on any atom is -0.309 e. The van der Waals surface area contributed by atoms with Gasteiger partial charge in [0.05, 0.1) is 0 Å². The Labute approximate surface area is 109 Å². The smallest absolute Gasteiger partial charge is 0.0372 e. The lowest BCUT2D eigenvalue weighted by Crippen LogP contribution is -2.39. The van der Waals surface area contributed by atoms with E-state index in [0.717, 1.165) is 12.2 Å². The number of nitrogens with zero attached hydrogens (tertiary/aromatic N) is 1. The fraction of sp³-hybridized carbons (Fsp3) is 0.643. The van der Waals surface area contributed by atoms with Gasteiger partial charge in [-0.05, 0) is 36.1 Å². The van der Waals surface area contributed by atoms with Crippen molar-refractivity contribution in [1.82, 2.24) is 10.3 Å². The molecule has 1 aromatic heterocycles. The number of aromatic nitrogens is 1. The van der Waals surface area contributed by atoms with Gasteiger partial charge in [0.15, 0.2) is 0 Å². The molecule has 1 saturated heterocycles. The number of nitrogens with one attached hydrogen (secondary N) is 1. The van der Waals surface area contributed by atoms with Gasteiger partial charge in [-0.25, -0.2) is 0 Å². The first-order chi connectivity index (χ1) is 8.05. The number of pyridine rings is 1. The topological polar surface area (TPSA) is 24.9 Å². The van der Waals surface area contributed by atoms with Crippen LogP contribution in [-0.2, 0) is 6.54 Å². The molecule has 1 aromatic rings. The first-order valence-corrected chi connectivity index (χ1v) is 7.43. The third-order valence-electron chi connectivity index (χ3n) is 3.18. The molecule has 0 amide bonds. The van der Waals surface area contributed by atoms with Crippen LogP contribution in [0.2, 0.25) is 0 Å². The van der Waals surface area contributed by atoms with Crippen LogP contribution < -0.4 is 5.32 Å². The molecule has 0 radical (unpaired) electrons. The Hall–Kier alpha value is -0.540. The lowest BCUT2D eigenvalue weighted by atomic mass is 9.88. The summed E-state index contributed by atoms with van der Waals surface area (Å²) in [5.74, 6) is 2.53. The zero-order valence-corrected chi connectivity index (χ0v) is 11.8. The lowest BCUT2D eigenvalue weighted by molar-refractivity contribution is 0.317. The summed E-state index contributed by atoms with van der Waals surface area (Å²) in [6.45, 7) is 7.69. The van der Waals surface area contributed by atoms with Gasteiger partial charge in [0, 0.05) is 30.2 Å². The molecule has 2 rings (SSSR count). The highest BCUT2D eigenvalue weighted by Crippen LogP contribution is 2.33. The second-order valence-electron chi connectivity index (χ2n) is 5.77. The van der Waals surface area contributed by atoms with Gasteiger partial charge in [-0.15, -0.1) is 0 Å². The van der Waals surface area contributed by atoms with Gasteiger partial charge in [-0.1, -0.05) is 19.9 Å². The average Bonchev–Trinajstić information content (AvgIpc) is 2.27. The number of aryl methyl sites for hydroxylation is 1. The normalized spacial score (nSPS) is 23.6. The summed E-state index contributed by atoms with van der Waals surface area (Å²) >= 11 is 2.07. The third-order valence-corrected chi connectivity index (χ3v) is 4.80. The zero-order chi connectivity index (χ0) is 12.3. The molecule has 3 heteroatoms. The van der Waals surface area contributed by atoms with Crippen molar-refractivity contribution in [2.24, 2.45) is 5.41 Å². The number of thioether (sulfide) groups is 1. The first-order valence-electron chi connectivity index (χ1n) is 6.28. The van der Waals surface area contributed by atoms with E-state index < -0.39 is 0 Å². The second kappa shape index (κ2) is 5.40. The van der Waals surface area contributed by atoms with Gasteiger partial charge in [0.1, 0.15) is 0 Å². The molecule has 0 spiro atoms. The van der Waals surface area contributed by atoms with Crippen molar-refractivity contribution in [3.8, 4) is 0 Å².